The van der Waals surface area contributed by atoms with Gasteiger partial charge in [0.1, 0.15) is 11.3 Å². The first-order valence-corrected chi connectivity index (χ1v) is 7.63. The molecule has 1 heterocycles. The first-order chi connectivity index (χ1) is 10.5. The van der Waals surface area contributed by atoms with Gasteiger partial charge in [0.2, 0.25) is 0 Å². The molecule has 0 fully saturated rings. The van der Waals surface area contributed by atoms with Crippen molar-refractivity contribution in [1.29, 1.82) is 0 Å². The van der Waals surface area contributed by atoms with Gasteiger partial charge < -0.3 is 14.7 Å². The van der Waals surface area contributed by atoms with Gasteiger partial charge in [-0.25, -0.2) is 4.79 Å². The van der Waals surface area contributed by atoms with Crippen molar-refractivity contribution in [3.63, 3.8) is 0 Å². The molecule has 0 saturated heterocycles. The molecule has 0 aliphatic heterocycles. The summed E-state index contributed by atoms with van der Waals surface area (Å²) in [7, 11) is 1.65. The lowest BCUT2D eigenvalue weighted by Crippen LogP contribution is -2.30. The number of aromatic hydroxyl groups is 1. The van der Waals surface area contributed by atoms with Gasteiger partial charge in [-0.15, -0.1) is 0 Å². The molecule has 2 rings (SSSR count). The molecule has 0 radical (unpaired) electrons. The molecule has 0 bridgehead atoms. The number of amides is 1. The Morgan fingerprint density at radius 1 is 1.32 bits per heavy atom. The van der Waals surface area contributed by atoms with Crippen molar-refractivity contribution in [2.75, 3.05) is 13.7 Å². The topological polar surface area (TPSA) is 66.8 Å². The molecule has 1 aromatic heterocycles. The van der Waals surface area contributed by atoms with Gasteiger partial charge in [-0.2, -0.15) is 11.3 Å². The molecule has 0 aliphatic rings. The number of likely N-dealkylation sites (N-methyl/N-ethyl adjacent to an activating group) is 1. The zero-order chi connectivity index (χ0) is 16.1. The van der Waals surface area contributed by atoms with Crippen LogP contribution in [0, 0.1) is 6.92 Å². The molecule has 5 nitrogen and oxygen atoms in total. The number of phenols is 1. The monoisotopic (exact) mass is 319 g/mol. The second kappa shape index (κ2) is 7.09. The average Bonchev–Trinajstić information content (AvgIpc) is 2.99. The Morgan fingerprint density at radius 3 is 2.77 bits per heavy atom. The van der Waals surface area contributed by atoms with Gasteiger partial charge >= 0.3 is 5.97 Å². The number of hydrogen-bond donors (Lipinski definition) is 1. The number of nitrogens with zero attached hydrogens (tertiary/aromatic N) is 1. The minimum atomic E-state index is -0.710. The lowest BCUT2D eigenvalue weighted by atomic mass is 10.1. The van der Waals surface area contributed by atoms with Crippen LogP contribution in [-0.2, 0) is 16.1 Å². The van der Waals surface area contributed by atoms with Crippen molar-refractivity contribution in [1.82, 2.24) is 4.90 Å². The van der Waals surface area contributed by atoms with Crippen molar-refractivity contribution in [3.8, 4) is 5.75 Å². The summed E-state index contributed by atoms with van der Waals surface area (Å²) in [6, 6.07) is 6.57. The molecule has 0 saturated carbocycles. The molecule has 1 amide bonds. The Balaban J connectivity index is 1.90. The highest BCUT2D eigenvalue weighted by Crippen LogP contribution is 2.19. The number of carbonyl (C=O) groups is 2. The Morgan fingerprint density at radius 2 is 2.09 bits per heavy atom. The predicted octanol–water partition coefficient (Wildman–Crippen LogP) is 2.58. The second-order valence-electron chi connectivity index (χ2n) is 4.98. The van der Waals surface area contributed by atoms with Gasteiger partial charge in [0.25, 0.3) is 5.91 Å². The van der Waals surface area contributed by atoms with Crippen LogP contribution in [0.5, 0.6) is 5.75 Å². The number of carbonyl (C=O) groups excluding carboxylic acids is 2. The molecular formula is C16H17NO4S. The quantitative estimate of drug-likeness (QED) is 0.860. The molecule has 0 aliphatic carbocycles. The lowest BCUT2D eigenvalue weighted by molar-refractivity contribution is -0.133. The third-order valence-electron chi connectivity index (χ3n) is 3.12. The van der Waals surface area contributed by atoms with E-state index in [-0.39, 0.29) is 23.8 Å². The number of rotatable bonds is 5. The third-order valence-corrected chi connectivity index (χ3v) is 3.86. The minimum absolute atomic E-state index is 0.0632. The van der Waals surface area contributed by atoms with Crippen LogP contribution in [-0.4, -0.2) is 35.5 Å². The van der Waals surface area contributed by atoms with E-state index in [0.717, 1.165) is 11.1 Å². The van der Waals surface area contributed by atoms with Crippen molar-refractivity contribution < 1.29 is 19.4 Å². The van der Waals surface area contributed by atoms with E-state index in [0.29, 0.717) is 6.54 Å². The summed E-state index contributed by atoms with van der Waals surface area (Å²) in [6.45, 7) is 1.92. The number of thiophene rings is 1. The normalized spacial score (nSPS) is 10.3. The maximum absolute atomic E-state index is 11.9. The van der Waals surface area contributed by atoms with E-state index >= 15 is 0 Å². The number of esters is 1. The van der Waals surface area contributed by atoms with Gasteiger partial charge in [-0.3, -0.25) is 4.79 Å². The number of ether oxygens (including phenoxy) is 1. The maximum atomic E-state index is 11.9. The summed E-state index contributed by atoms with van der Waals surface area (Å²) < 4.78 is 4.98. The van der Waals surface area contributed by atoms with E-state index in [2.05, 4.69) is 0 Å². The first-order valence-electron chi connectivity index (χ1n) is 6.69. The zero-order valence-corrected chi connectivity index (χ0v) is 13.2. The van der Waals surface area contributed by atoms with Crippen LogP contribution in [0.25, 0.3) is 0 Å². The van der Waals surface area contributed by atoms with Crippen molar-refractivity contribution in [2.45, 2.75) is 13.5 Å². The van der Waals surface area contributed by atoms with Crippen LogP contribution in [0.3, 0.4) is 0 Å². The smallest absolute Gasteiger partial charge is 0.342 e. The fourth-order valence-electron chi connectivity index (χ4n) is 1.87. The molecular weight excluding hydrogens is 302 g/mol. The average molecular weight is 319 g/mol. The number of hydrogen-bond acceptors (Lipinski definition) is 5. The zero-order valence-electron chi connectivity index (χ0n) is 12.4. The first kappa shape index (κ1) is 16.0. The molecule has 0 unspecified atom stereocenters. The van der Waals surface area contributed by atoms with Gasteiger partial charge in [0.05, 0.1) is 0 Å². The largest absolute Gasteiger partial charge is 0.507 e. The number of aryl methyl sites for hydroxylation is 1. The molecule has 0 atom stereocenters. The SMILES string of the molecule is Cc1ccc(O)c(C(=O)OCC(=O)N(C)Cc2ccsc2)c1. The van der Waals surface area contributed by atoms with Crippen LogP contribution in [0.15, 0.2) is 35.0 Å². The van der Waals surface area contributed by atoms with Crippen molar-refractivity contribution in [2.24, 2.45) is 0 Å². The van der Waals surface area contributed by atoms with E-state index in [4.69, 9.17) is 4.74 Å². The molecule has 22 heavy (non-hydrogen) atoms. The van der Waals surface area contributed by atoms with E-state index in [9.17, 15) is 14.7 Å². The fourth-order valence-corrected chi connectivity index (χ4v) is 2.53. The highest BCUT2D eigenvalue weighted by Gasteiger charge is 2.16. The van der Waals surface area contributed by atoms with Crippen LogP contribution < -0.4 is 0 Å². The lowest BCUT2D eigenvalue weighted by Gasteiger charge is -2.16. The minimum Gasteiger partial charge on any atom is -0.507 e. The Bertz CT molecular complexity index is 667. The van der Waals surface area contributed by atoms with Crippen LogP contribution in [0.2, 0.25) is 0 Å². The summed E-state index contributed by atoms with van der Waals surface area (Å²) in [5, 5.41) is 13.6. The van der Waals surface area contributed by atoms with Crippen LogP contribution in [0.4, 0.5) is 0 Å². The predicted molar refractivity (Wildman–Crippen MR) is 83.9 cm³/mol. The third kappa shape index (κ3) is 4.08. The standard InChI is InChI=1S/C16H17NO4S/c1-11-3-4-14(18)13(7-11)16(20)21-9-15(19)17(2)8-12-5-6-22-10-12/h3-7,10,18H,8-9H2,1-2H3. The molecule has 1 aromatic carbocycles. The molecule has 0 spiro atoms. The Labute approximate surface area is 132 Å². The van der Waals surface area contributed by atoms with Crippen molar-refractivity contribution >= 4 is 23.2 Å². The summed E-state index contributed by atoms with van der Waals surface area (Å²) in [5.74, 6) is -1.17. The maximum Gasteiger partial charge on any atom is 0.342 e. The number of benzene rings is 1. The van der Waals surface area contributed by atoms with Gasteiger partial charge in [-0.05, 0) is 41.4 Å². The summed E-state index contributed by atoms with van der Waals surface area (Å²) in [5.41, 5.74) is 1.92. The van der Waals surface area contributed by atoms with E-state index < -0.39 is 5.97 Å². The summed E-state index contributed by atoms with van der Waals surface area (Å²) in [4.78, 5) is 25.3. The fraction of sp³-hybridized carbons (Fsp3) is 0.250. The highest BCUT2D eigenvalue weighted by molar-refractivity contribution is 7.07. The molecule has 2 aromatic rings. The van der Waals surface area contributed by atoms with Crippen molar-refractivity contribution in [3.05, 3.63) is 51.7 Å². The number of phenolic OH excluding ortho intramolecular Hbond substituents is 1. The second-order valence-corrected chi connectivity index (χ2v) is 5.76. The van der Waals surface area contributed by atoms with E-state index in [1.54, 1.807) is 31.4 Å². The molecule has 116 valence electrons. The van der Waals surface area contributed by atoms with Gasteiger partial charge in [0.15, 0.2) is 6.61 Å². The van der Waals surface area contributed by atoms with Gasteiger partial charge in [0, 0.05) is 13.6 Å². The van der Waals surface area contributed by atoms with E-state index in [1.807, 2.05) is 16.8 Å². The summed E-state index contributed by atoms with van der Waals surface area (Å²) >= 11 is 1.56. The molecule has 1 N–H and O–H groups in total. The van der Waals surface area contributed by atoms with Crippen LogP contribution in [0.1, 0.15) is 21.5 Å². The molecule has 6 heteroatoms. The van der Waals surface area contributed by atoms with Crippen LogP contribution >= 0.6 is 11.3 Å². The summed E-state index contributed by atoms with van der Waals surface area (Å²) in [6.07, 6.45) is 0. The van der Waals surface area contributed by atoms with E-state index in [1.165, 1.54) is 17.0 Å². The highest BCUT2D eigenvalue weighted by atomic mass is 32.1. The Hall–Kier alpha value is -2.34. The van der Waals surface area contributed by atoms with Gasteiger partial charge in [-0.1, -0.05) is 11.6 Å². The Kier molecular flexibility index (Phi) is 5.16.